The minimum absolute atomic E-state index is 0.0905. The molecule has 0 fully saturated rings. The van der Waals surface area contributed by atoms with Crippen molar-refractivity contribution in [2.24, 2.45) is 0 Å². The lowest BCUT2D eigenvalue weighted by Gasteiger charge is -2.27. The van der Waals surface area contributed by atoms with Crippen LogP contribution in [0, 0.1) is 0 Å². The van der Waals surface area contributed by atoms with Crippen LogP contribution >= 0.6 is 0 Å². The van der Waals surface area contributed by atoms with E-state index in [2.05, 4.69) is 5.32 Å². The minimum Gasteiger partial charge on any atom is -0.444 e. The predicted molar refractivity (Wildman–Crippen MR) is 85.9 cm³/mol. The van der Waals surface area contributed by atoms with Crippen LogP contribution in [0.4, 0.5) is 10.5 Å². The Balaban J connectivity index is 2.07. The Morgan fingerprint density at radius 2 is 1.95 bits per heavy atom. The average molecular weight is 304 g/mol. The van der Waals surface area contributed by atoms with E-state index in [4.69, 9.17) is 4.74 Å². The Hall–Kier alpha value is -2.04. The number of benzene rings is 1. The van der Waals surface area contributed by atoms with Crippen LogP contribution in [-0.4, -0.2) is 29.7 Å². The molecule has 0 aromatic heterocycles. The summed E-state index contributed by atoms with van der Waals surface area (Å²) in [5.74, 6) is -0.122. The van der Waals surface area contributed by atoms with Crippen LogP contribution in [-0.2, 0) is 16.0 Å². The first-order valence-corrected chi connectivity index (χ1v) is 7.59. The van der Waals surface area contributed by atoms with Crippen molar-refractivity contribution in [3.8, 4) is 0 Å². The number of carbonyl (C=O) groups excluding carboxylic acids is 2. The maximum Gasteiger partial charge on any atom is 0.408 e. The van der Waals surface area contributed by atoms with Gasteiger partial charge in [0.1, 0.15) is 11.6 Å². The highest BCUT2D eigenvalue weighted by Gasteiger charge is 2.34. The third kappa shape index (κ3) is 3.59. The van der Waals surface area contributed by atoms with Crippen LogP contribution in [0.15, 0.2) is 24.3 Å². The quantitative estimate of drug-likeness (QED) is 0.914. The monoisotopic (exact) mass is 304 g/mol. The summed E-state index contributed by atoms with van der Waals surface area (Å²) in [4.78, 5) is 26.2. The van der Waals surface area contributed by atoms with E-state index in [0.717, 1.165) is 17.7 Å². The first kappa shape index (κ1) is 16.3. The molecule has 0 radical (unpaired) electrons. The van der Waals surface area contributed by atoms with Crippen molar-refractivity contribution in [1.29, 1.82) is 0 Å². The van der Waals surface area contributed by atoms with Gasteiger partial charge in [-0.25, -0.2) is 4.79 Å². The molecule has 2 rings (SSSR count). The molecule has 0 saturated heterocycles. The topological polar surface area (TPSA) is 58.6 Å². The zero-order chi connectivity index (χ0) is 16.5. The van der Waals surface area contributed by atoms with Crippen LogP contribution in [0.3, 0.4) is 0 Å². The molecule has 5 nitrogen and oxygen atoms in total. The number of anilines is 1. The maximum atomic E-state index is 12.7. The number of para-hydroxylation sites is 1. The van der Waals surface area contributed by atoms with Gasteiger partial charge in [-0.1, -0.05) is 18.2 Å². The van der Waals surface area contributed by atoms with Gasteiger partial charge >= 0.3 is 6.09 Å². The van der Waals surface area contributed by atoms with Crippen molar-refractivity contribution in [3.05, 3.63) is 29.8 Å². The average Bonchev–Trinajstić information content (AvgIpc) is 2.71. The molecule has 1 aromatic carbocycles. The predicted octanol–water partition coefficient (Wildman–Crippen LogP) is 2.88. The normalized spacial score (nSPS) is 18.6. The Labute approximate surface area is 131 Å². The van der Waals surface area contributed by atoms with Gasteiger partial charge in [0.2, 0.25) is 5.91 Å². The van der Waals surface area contributed by atoms with Gasteiger partial charge in [-0.15, -0.1) is 0 Å². The highest BCUT2D eigenvalue weighted by Crippen LogP contribution is 2.32. The van der Waals surface area contributed by atoms with E-state index in [1.165, 1.54) is 0 Å². The van der Waals surface area contributed by atoms with Crippen LogP contribution in [0.2, 0.25) is 0 Å². The molecule has 1 aliphatic heterocycles. The first-order chi connectivity index (χ1) is 10.2. The van der Waals surface area contributed by atoms with Crippen molar-refractivity contribution in [3.63, 3.8) is 0 Å². The van der Waals surface area contributed by atoms with E-state index in [-0.39, 0.29) is 11.9 Å². The van der Waals surface area contributed by atoms with E-state index in [1.807, 2.05) is 31.2 Å². The van der Waals surface area contributed by atoms with E-state index >= 15 is 0 Å². The summed E-state index contributed by atoms with van der Waals surface area (Å²) in [6.07, 6.45) is 0.259. The molecule has 2 unspecified atom stereocenters. The molecule has 0 aliphatic carbocycles. The van der Waals surface area contributed by atoms with E-state index in [9.17, 15) is 9.59 Å². The fourth-order valence-corrected chi connectivity index (χ4v) is 2.66. The van der Waals surface area contributed by atoms with Crippen molar-refractivity contribution in [2.75, 3.05) is 4.90 Å². The van der Waals surface area contributed by atoms with Crippen LogP contribution in [0.1, 0.15) is 40.2 Å². The smallest absolute Gasteiger partial charge is 0.408 e. The number of nitrogens with one attached hydrogen (secondary N) is 1. The second-order valence-electron chi connectivity index (χ2n) is 6.76. The summed E-state index contributed by atoms with van der Waals surface area (Å²) in [6, 6.07) is 7.32. The van der Waals surface area contributed by atoms with Gasteiger partial charge in [-0.2, -0.15) is 0 Å². The number of fused-ring (bicyclic) bond motifs is 1. The Morgan fingerprint density at radius 1 is 1.32 bits per heavy atom. The Bertz CT molecular complexity index is 578. The third-order valence-corrected chi connectivity index (χ3v) is 3.55. The molecule has 22 heavy (non-hydrogen) atoms. The van der Waals surface area contributed by atoms with Gasteiger partial charge in [0.05, 0.1) is 0 Å². The molecule has 120 valence electrons. The Kier molecular flexibility index (Phi) is 4.44. The second-order valence-corrected chi connectivity index (χ2v) is 6.76. The number of nitrogens with zero attached hydrogens (tertiary/aromatic N) is 1. The van der Waals surface area contributed by atoms with Gasteiger partial charge in [0, 0.05) is 11.7 Å². The lowest BCUT2D eigenvalue weighted by molar-refractivity contribution is -0.120. The number of carbonyl (C=O) groups is 2. The van der Waals surface area contributed by atoms with Gasteiger partial charge < -0.3 is 15.0 Å². The van der Waals surface area contributed by atoms with E-state index < -0.39 is 17.7 Å². The lowest BCUT2D eigenvalue weighted by atomic mass is 10.1. The molecule has 1 N–H and O–H groups in total. The number of hydrogen-bond acceptors (Lipinski definition) is 3. The molecule has 2 amide bonds. The number of alkyl carbamates (subject to hydrolysis) is 1. The minimum atomic E-state index is -0.636. The fourth-order valence-electron chi connectivity index (χ4n) is 2.66. The van der Waals surface area contributed by atoms with Gasteiger partial charge in [0.15, 0.2) is 0 Å². The van der Waals surface area contributed by atoms with E-state index in [1.54, 1.807) is 32.6 Å². The number of amides is 2. The SMILES string of the molecule is CC(NC(=O)OC(C)(C)C)C(=O)N1c2ccccc2CC1C. The van der Waals surface area contributed by atoms with Crippen molar-refractivity contribution < 1.29 is 14.3 Å². The molecule has 2 atom stereocenters. The molecule has 1 aromatic rings. The van der Waals surface area contributed by atoms with E-state index in [0.29, 0.717) is 0 Å². The number of ether oxygens (including phenoxy) is 1. The van der Waals surface area contributed by atoms with Crippen molar-refractivity contribution >= 4 is 17.7 Å². The summed E-state index contributed by atoms with van der Waals surface area (Å²) >= 11 is 0. The summed E-state index contributed by atoms with van der Waals surface area (Å²) in [5, 5.41) is 2.61. The molecular weight excluding hydrogens is 280 g/mol. The van der Waals surface area contributed by atoms with Gasteiger partial charge in [-0.3, -0.25) is 4.79 Å². The molecule has 0 saturated carbocycles. The number of hydrogen-bond donors (Lipinski definition) is 1. The van der Waals surface area contributed by atoms with Crippen LogP contribution in [0.25, 0.3) is 0 Å². The molecule has 0 bridgehead atoms. The molecule has 1 heterocycles. The maximum absolute atomic E-state index is 12.7. The zero-order valence-electron chi connectivity index (χ0n) is 13.8. The zero-order valence-corrected chi connectivity index (χ0v) is 13.8. The third-order valence-electron chi connectivity index (χ3n) is 3.55. The lowest BCUT2D eigenvalue weighted by Crippen LogP contribution is -2.50. The van der Waals surface area contributed by atoms with Crippen LogP contribution < -0.4 is 10.2 Å². The van der Waals surface area contributed by atoms with Crippen LogP contribution in [0.5, 0.6) is 0 Å². The standard InChI is InChI=1S/C17H24N2O3/c1-11-10-13-8-6-7-9-14(13)19(11)15(20)12(2)18-16(21)22-17(3,4)5/h6-9,11-12H,10H2,1-5H3,(H,18,21). The fraction of sp³-hybridized carbons (Fsp3) is 0.529. The molecule has 1 aliphatic rings. The summed E-state index contributed by atoms with van der Waals surface area (Å²) in [6.45, 7) is 9.06. The molecular formula is C17H24N2O3. The first-order valence-electron chi connectivity index (χ1n) is 7.59. The molecule has 0 spiro atoms. The summed E-state index contributed by atoms with van der Waals surface area (Å²) in [5.41, 5.74) is 1.51. The number of rotatable bonds is 2. The summed E-state index contributed by atoms with van der Waals surface area (Å²) < 4.78 is 5.20. The highest BCUT2D eigenvalue weighted by atomic mass is 16.6. The van der Waals surface area contributed by atoms with Gasteiger partial charge in [-0.05, 0) is 52.7 Å². The largest absolute Gasteiger partial charge is 0.444 e. The second kappa shape index (κ2) is 5.99. The molecule has 5 heteroatoms. The Morgan fingerprint density at radius 3 is 2.59 bits per heavy atom. The van der Waals surface area contributed by atoms with Gasteiger partial charge in [0.25, 0.3) is 0 Å². The van der Waals surface area contributed by atoms with Crippen molar-refractivity contribution in [2.45, 2.75) is 58.7 Å². The van der Waals surface area contributed by atoms with Crippen molar-refractivity contribution in [1.82, 2.24) is 5.32 Å². The summed E-state index contributed by atoms with van der Waals surface area (Å²) in [7, 11) is 0. The highest BCUT2D eigenvalue weighted by molar-refractivity contribution is 6.00.